The van der Waals surface area contributed by atoms with Crippen LogP contribution in [0.4, 0.5) is 34.1 Å². The molecule has 47 heavy (non-hydrogen) atoms. The number of esters is 2. The van der Waals surface area contributed by atoms with Gasteiger partial charge in [0.25, 0.3) is 0 Å². The summed E-state index contributed by atoms with van der Waals surface area (Å²) in [5.41, 5.74) is 4.91. The predicted molar refractivity (Wildman–Crippen MR) is 176 cm³/mol. The van der Waals surface area contributed by atoms with E-state index in [2.05, 4.69) is 43.8 Å². The third kappa shape index (κ3) is 11.6. The molecular weight excluding hydrogens is 600 g/mol. The topological polar surface area (TPSA) is 145 Å². The van der Waals surface area contributed by atoms with Gasteiger partial charge in [0.15, 0.2) is 0 Å². The first-order valence-corrected chi connectivity index (χ1v) is 14.4. The van der Waals surface area contributed by atoms with Crippen molar-refractivity contribution in [2.45, 2.75) is 6.92 Å². The monoisotopic (exact) mass is 632 g/mol. The smallest absolute Gasteiger partial charge is 0.330 e. The molecule has 0 aliphatic rings. The first-order valence-electron chi connectivity index (χ1n) is 14.4. The predicted octanol–water partition coefficient (Wildman–Crippen LogP) is 9.46. The van der Waals surface area contributed by atoms with Crippen molar-refractivity contribution in [3.63, 3.8) is 0 Å². The van der Waals surface area contributed by atoms with Crippen LogP contribution >= 0.6 is 0 Å². The second kappa shape index (κ2) is 17.9. The lowest BCUT2D eigenvalue weighted by molar-refractivity contribution is -0.139. The van der Waals surface area contributed by atoms with Crippen molar-refractivity contribution in [3.8, 4) is 11.5 Å². The Morgan fingerprint density at radius 1 is 0.532 bits per heavy atom. The lowest BCUT2D eigenvalue weighted by Gasteiger charge is -2.06. The molecule has 0 radical (unpaired) electrons. The summed E-state index contributed by atoms with van der Waals surface area (Å²) in [5.74, 6) is 0.276. The molecule has 4 aromatic rings. The SMILES string of the molecule is C=CC(=O)OCCOc1ccc(N=Nc2ccc(N=Nc3ccc(N=Nc4ccc(OCCOC(=O)C=C)cc4)cc3C)cc2)cc1. The third-order valence-electron chi connectivity index (χ3n) is 6.06. The minimum Gasteiger partial charge on any atom is -0.490 e. The normalized spacial score (nSPS) is 11.1. The van der Waals surface area contributed by atoms with Crippen LogP contribution in [0.3, 0.4) is 0 Å². The van der Waals surface area contributed by atoms with E-state index in [1.807, 2.05) is 25.1 Å². The number of aryl methyl sites for hydroxylation is 1. The van der Waals surface area contributed by atoms with Crippen LogP contribution in [0.1, 0.15) is 5.56 Å². The van der Waals surface area contributed by atoms with Gasteiger partial charge >= 0.3 is 11.9 Å². The van der Waals surface area contributed by atoms with Crippen LogP contribution in [0, 0.1) is 6.92 Å². The zero-order valence-corrected chi connectivity index (χ0v) is 25.7. The van der Waals surface area contributed by atoms with E-state index in [0.29, 0.717) is 45.6 Å². The average Bonchev–Trinajstić information content (AvgIpc) is 3.11. The van der Waals surface area contributed by atoms with E-state index in [0.717, 1.165) is 17.7 Å². The van der Waals surface area contributed by atoms with Crippen LogP contribution in [0.2, 0.25) is 0 Å². The number of nitrogens with zero attached hydrogens (tertiary/aromatic N) is 6. The van der Waals surface area contributed by atoms with Crippen LogP contribution < -0.4 is 9.47 Å². The standard InChI is InChI=1S/C35H32N6O6/c1-4-34(42)46-22-20-44-31-15-10-28(11-16-31)37-36-26-6-8-27(9-7-26)39-41-33-19-14-30(24-25(33)3)40-38-29-12-17-32(18-13-29)45-21-23-47-35(43)5-2/h4-19,24H,1-2,20-23H2,3H3. The van der Waals surface area contributed by atoms with Gasteiger partial charge in [-0.15, -0.1) is 0 Å². The van der Waals surface area contributed by atoms with E-state index >= 15 is 0 Å². The fourth-order valence-electron chi connectivity index (χ4n) is 3.68. The lowest BCUT2D eigenvalue weighted by Crippen LogP contribution is -2.09. The van der Waals surface area contributed by atoms with Crippen molar-refractivity contribution in [3.05, 3.63) is 122 Å². The summed E-state index contributed by atoms with van der Waals surface area (Å²) in [4.78, 5) is 22.1. The molecule has 0 aliphatic heterocycles. The third-order valence-corrected chi connectivity index (χ3v) is 6.06. The van der Waals surface area contributed by atoms with Gasteiger partial charge in [-0.2, -0.15) is 30.7 Å². The van der Waals surface area contributed by atoms with E-state index in [-0.39, 0.29) is 26.4 Å². The van der Waals surface area contributed by atoms with Crippen molar-refractivity contribution in [2.24, 2.45) is 30.7 Å². The van der Waals surface area contributed by atoms with Crippen LogP contribution in [0.5, 0.6) is 11.5 Å². The van der Waals surface area contributed by atoms with Crippen LogP contribution in [0.15, 0.2) is 147 Å². The van der Waals surface area contributed by atoms with Crippen LogP contribution in [0.25, 0.3) is 0 Å². The summed E-state index contributed by atoms with van der Waals surface area (Å²) in [7, 11) is 0. The summed E-state index contributed by atoms with van der Waals surface area (Å²) in [6.45, 7) is 9.34. The second-order valence-corrected chi connectivity index (χ2v) is 9.52. The number of hydrogen-bond acceptors (Lipinski definition) is 12. The molecule has 0 saturated carbocycles. The number of carbonyl (C=O) groups excluding carboxylic acids is 2. The van der Waals surface area contributed by atoms with Crippen molar-refractivity contribution in [1.29, 1.82) is 0 Å². The van der Waals surface area contributed by atoms with E-state index < -0.39 is 11.9 Å². The van der Waals surface area contributed by atoms with Gasteiger partial charge in [0.05, 0.1) is 34.1 Å². The highest BCUT2D eigenvalue weighted by Crippen LogP contribution is 2.29. The Balaban J connectivity index is 1.24. The summed E-state index contributed by atoms with van der Waals surface area (Å²) in [5, 5.41) is 25.8. The summed E-state index contributed by atoms with van der Waals surface area (Å²) in [6, 6.07) is 26.9. The molecule has 12 heteroatoms. The maximum absolute atomic E-state index is 11.1. The molecule has 0 spiro atoms. The number of hydrogen-bond donors (Lipinski definition) is 0. The fraction of sp³-hybridized carbons (Fsp3) is 0.143. The molecule has 0 unspecified atom stereocenters. The average molecular weight is 633 g/mol. The largest absolute Gasteiger partial charge is 0.490 e. The zero-order valence-electron chi connectivity index (χ0n) is 25.7. The number of rotatable bonds is 16. The van der Waals surface area contributed by atoms with Gasteiger partial charge in [-0.3, -0.25) is 0 Å². The number of benzene rings is 4. The van der Waals surface area contributed by atoms with Gasteiger partial charge in [-0.1, -0.05) is 13.2 Å². The minimum atomic E-state index is -0.487. The van der Waals surface area contributed by atoms with Crippen molar-refractivity contribution in [2.75, 3.05) is 26.4 Å². The van der Waals surface area contributed by atoms with Crippen molar-refractivity contribution < 1.29 is 28.5 Å². The van der Waals surface area contributed by atoms with Gasteiger partial charge in [0.2, 0.25) is 0 Å². The lowest BCUT2D eigenvalue weighted by atomic mass is 10.2. The van der Waals surface area contributed by atoms with Gasteiger partial charge in [0, 0.05) is 12.2 Å². The summed E-state index contributed by atoms with van der Waals surface area (Å²) < 4.78 is 20.8. The van der Waals surface area contributed by atoms with Crippen molar-refractivity contribution in [1.82, 2.24) is 0 Å². The van der Waals surface area contributed by atoms with Gasteiger partial charge < -0.3 is 18.9 Å². The Bertz CT molecular complexity index is 1750. The van der Waals surface area contributed by atoms with Gasteiger partial charge in [-0.25, -0.2) is 9.59 Å². The highest BCUT2D eigenvalue weighted by Gasteiger charge is 2.02. The number of carbonyl (C=O) groups is 2. The maximum Gasteiger partial charge on any atom is 0.330 e. The minimum absolute atomic E-state index is 0.136. The van der Waals surface area contributed by atoms with Gasteiger partial charge in [0.1, 0.15) is 37.9 Å². The Morgan fingerprint density at radius 2 is 0.894 bits per heavy atom. The quantitative estimate of drug-likeness (QED) is 0.0520. The molecule has 0 fully saturated rings. The molecular formula is C35H32N6O6. The Labute approximate surface area is 271 Å². The summed E-state index contributed by atoms with van der Waals surface area (Å²) in [6.07, 6.45) is 2.21. The summed E-state index contributed by atoms with van der Waals surface area (Å²) >= 11 is 0. The first kappa shape index (κ1) is 33.6. The van der Waals surface area contributed by atoms with E-state index in [9.17, 15) is 9.59 Å². The Morgan fingerprint density at radius 3 is 1.30 bits per heavy atom. The number of ether oxygens (including phenoxy) is 4. The molecule has 0 saturated heterocycles. The second-order valence-electron chi connectivity index (χ2n) is 9.52. The van der Waals surface area contributed by atoms with E-state index in [1.165, 1.54) is 0 Å². The van der Waals surface area contributed by atoms with E-state index in [4.69, 9.17) is 18.9 Å². The fourth-order valence-corrected chi connectivity index (χ4v) is 3.68. The molecule has 0 aliphatic carbocycles. The molecule has 0 atom stereocenters. The van der Waals surface area contributed by atoms with Crippen LogP contribution in [-0.2, 0) is 19.1 Å². The van der Waals surface area contributed by atoms with E-state index in [1.54, 1.807) is 72.8 Å². The van der Waals surface area contributed by atoms with Crippen LogP contribution in [-0.4, -0.2) is 38.4 Å². The molecule has 4 aromatic carbocycles. The highest BCUT2D eigenvalue weighted by atomic mass is 16.6. The molecule has 0 heterocycles. The molecule has 238 valence electrons. The Hall–Kier alpha value is -6.30. The number of azo groups is 3. The molecule has 4 rings (SSSR count). The first-order chi connectivity index (χ1) is 22.9. The molecule has 12 nitrogen and oxygen atoms in total. The molecule has 0 aromatic heterocycles. The zero-order chi connectivity index (χ0) is 33.3. The highest BCUT2D eigenvalue weighted by molar-refractivity contribution is 5.81. The molecule has 0 amide bonds. The maximum atomic E-state index is 11.1. The van der Waals surface area contributed by atoms with Crippen molar-refractivity contribution >= 4 is 46.1 Å². The Kier molecular flexibility index (Phi) is 12.8. The van der Waals surface area contributed by atoms with Gasteiger partial charge in [-0.05, 0) is 103 Å². The molecule has 0 bridgehead atoms. The molecule has 0 N–H and O–H groups in total.